The Hall–Kier alpha value is -2.65. The van der Waals surface area contributed by atoms with E-state index in [1.165, 1.54) is 7.11 Å². The zero-order valence-corrected chi connectivity index (χ0v) is 21.5. The molecule has 2 fully saturated rings. The topological polar surface area (TPSA) is 77.0 Å². The molecular weight excluding hydrogens is 475 g/mol. The number of hydrogen-bond donors (Lipinski definition) is 0. The lowest BCUT2D eigenvalue weighted by atomic mass is 9.94. The molecule has 2 aromatic rings. The Morgan fingerprint density at radius 2 is 2.00 bits per heavy atom. The number of nitrogens with zero attached hydrogens (tertiary/aromatic N) is 4. The summed E-state index contributed by atoms with van der Waals surface area (Å²) in [7, 11) is 3.36. The summed E-state index contributed by atoms with van der Waals surface area (Å²) in [5.41, 5.74) is 0.702. The number of fused-ring (bicyclic) bond motifs is 2. The molecule has 0 spiro atoms. The summed E-state index contributed by atoms with van der Waals surface area (Å²) in [6.45, 7) is 5.53. The van der Waals surface area contributed by atoms with Crippen molar-refractivity contribution in [3.05, 3.63) is 35.4 Å². The molecule has 8 nitrogen and oxygen atoms in total. The Kier molecular flexibility index (Phi) is 7.38. The summed E-state index contributed by atoms with van der Waals surface area (Å²) < 4.78 is 31.9. The van der Waals surface area contributed by atoms with Gasteiger partial charge in [-0.15, -0.1) is 10.2 Å². The number of alkyl halides is 1. The molecule has 1 aromatic heterocycles. The Balaban J connectivity index is 1.50. The first-order valence-electron chi connectivity index (χ1n) is 11.7. The molecule has 0 radical (unpaired) electrons. The van der Waals surface area contributed by atoms with Crippen molar-refractivity contribution in [3.8, 4) is 17.0 Å². The number of carbonyl (C=O) groups is 1. The molecule has 2 bridgehead atoms. The molecule has 0 saturated carbocycles. The third kappa shape index (κ3) is 5.46. The van der Waals surface area contributed by atoms with Crippen molar-refractivity contribution in [2.45, 2.75) is 69.9 Å². The average molecular weight is 507 g/mol. The fourth-order valence-corrected chi connectivity index (χ4v) is 5.03. The largest absolute Gasteiger partial charge is 0.467 e. The van der Waals surface area contributed by atoms with Gasteiger partial charge in [0, 0.05) is 30.8 Å². The van der Waals surface area contributed by atoms with Gasteiger partial charge in [0.15, 0.2) is 12.6 Å². The van der Waals surface area contributed by atoms with Crippen LogP contribution in [0.4, 0.5) is 15.0 Å². The van der Waals surface area contributed by atoms with E-state index in [4.69, 9.17) is 25.8 Å². The Bertz CT molecular complexity index is 1050. The van der Waals surface area contributed by atoms with Crippen LogP contribution in [0.15, 0.2) is 30.3 Å². The maximum absolute atomic E-state index is 15.7. The van der Waals surface area contributed by atoms with Crippen molar-refractivity contribution in [1.82, 2.24) is 15.1 Å². The lowest BCUT2D eigenvalue weighted by Crippen LogP contribution is -2.59. The number of halogens is 2. The van der Waals surface area contributed by atoms with Gasteiger partial charge < -0.3 is 19.1 Å². The molecule has 2 aliphatic rings. The van der Waals surface area contributed by atoms with Crippen molar-refractivity contribution >= 4 is 23.5 Å². The SMILES string of the molecule is COCOc1cc(Cl)ccc1-c1ccc(N(C)[C@H]2C[C@@H]3CC[C@H]([C@H]2F)N3C(=O)OC(C)(C)C)nn1. The van der Waals surface area contributed by atoms with Gasteiger partial charge in [-0.25, -0.2) is 9.18 Å². The van der Waals surface area contributed by atoms with Crippen LogP contribution in [0, 0.1) is 0 Å². The number of rotatable bonds is 6. The second-order valence-electron chi connectivity index (χ2n) is 10.0. The summed E-state index contributed by atoms with van der Waals surface area (Å²) in [5.74, 6) is 1.09. The Morgan fingerprint density at radius 1 is 1.23 bits per heavy atom. The minimum atomic E-state index is -1.22. The molecule has 0 aliphatic carbocycles. The number of anilines is 1. The van der Waals surface area contributed by atoms with Crippen LogP contribution in [-0.4, -0.2) is 72.0 Å². The predicted molar refractivity (Wildman–Crippen MR) is 132 cm³/mol. The van der Waals surface area contributed by atoms with Crippen LogP contribution in [0.5, 0.6) is 5.75 Å². The molecule has 3 heterocycles. The van der Waals surface area contributed by atoms with Crippen molar-refractivity contribution in [3.63, 3.8) is 0 Å². The quantitative estimate of drug-likeness (QED) is 0.505. The van der Waals surface area contributed by atoms with Crippen LogP contribution in [0.2, 0.25) is 5.02 Å². The standard InChI is InChI=1S/C25H32ClFN4O4/c1-25(2,3)35-24(32)31-16-7-10-19(31)23(27)20(13-16)30(4)22-11-9-18(28-29-22)17-8-6-15(26)12-21(17)34-14-33-5/h6,8-9,11-12,16,19-20,23H,7,10,13-14H2,1-5H3/t16-,19+,20-,23+/m0/s1. The predicted octanol–water partition coefficient (Wildman–Crippen LogP) is 5.09. The molecule has 190 valence electrons. The number of carbonyl (C=O) groups excluding carboxylic acids is 1. The van der Waals surface area contributed by atoms with Gasteiger partial charge in [-0.05, 0) is 70.4 Å². The molecule has 4 atom stereocenters. The van der Waals surface area contributed by atoms with Crippen LogP contribution in [0.25, 0.3) is 11.3 Å². The lowest BCUT2D eigenvalue weighted by molar-refractivity contribution is -0.0104. The molecule has 1 amide bonds. The van der Waals surface area contributed by atoms with Crippen LogP contribution in [0.3, 0.4) is 0 Å². The van der Waals surface area contributed by atoms with E-state index in [1.54, 1.807) is 17.0 Å². The number of ether oxygens (including phenoxy) is 3. The Labute approximate surface area is 210 Å². The Morgan fingerprint density at radius 3 is 2.66 bits per heavy atom. The smallest absolute Gasteiger partial charge is 0.410 e. The summed E-state index contributed by atoms with van der Waals surface area (Å²) in [5, 5.41) is 9.26. The van der Waals surface area contributed by atoms with Crippen LogP contribution >= 0.6 is 11.6 Å². The van der Waals surface area contributed by atoms with Gasteiger partial charge in [0.1, 0.15) is 17.5 Å². The molecule has 0 N–H and O–H groups in total. The summed E-state index contributed by atoms with van der Waals surface area (Å²) in [4.78, 5) is 16.2. The highest BCUT2D eigenvalue weighted by Crippen LogP contribution is 2.41. The molecule has 0 unspecified atom stereocenters. The number of aromatic nitrogens is 2. The van der Waals surface area contributed by atoms with Gasteiger partial charge in [0.25, 0.3) is 0 Å². The van der Waals surface area contributed by atoms with Crippen molar-refractivity contribution in [2.75, 3.05) is 25.9 Å². The summed E-state index contributed by atoms with van der Waals surface area (Å²) in [6.07, 6.45) is 0.231. The monoisotopic (exact) mass is 506 g/mol. The van der Waals surface area contributed by atoms with Crippen molar-refractivity contribution in [1.29, 1.82) is 0 Å². The van der Waals surface area contributed by atoms with E-state index in [9.17, 15) is 4.79 Å². The summed E-state index contributed by atoms with van der Waals surface area (Å²) in [6, 6.07) is 7.91. The first-order valence-corrected chi connectivity index (χ1v) is 12.1. The lowest BCUT2D eigenvalue weighted by Gasteiger charge is -2.44. The third-order valence-corrected chi connectivity index (χ3v) is 6.70. The van der Waals surface area contributed by atoms with E-state index in [0.717, 1.165) is 12.0 Å². The number of amides is 1. The average Bonchev–Trinajstić information content (AvgIpc) is 3.16. The van der Waals surface area contributed by atoms with E-state index < -0.39 is 29.9 Å². The van der Waals surface area contributed by atoms with Crippen molar-refractivity contribution < 1.29 is 23.4 Å². The molecule has 4 rings (SSSR count). The number of hydrogen-bond acceptors (Lipinski definition) is 7. The van der Waals surface area contributed by atoms with Crippen LogP contribution < -0.4 is 9.64 Å². The van der Waals surface area contributed by atoms with Gasteiger partial charge in [0.2, 0.25) is 0 Å². The van der Waals surface area contributed by atoms with E-state index in [0.29, 0.717) is 35.1 Å². The number of methoxy groups -OCH3 is 1. The van der Waals surface area contributed by atoms with E-state index in [-0.39, 0.29) is 12.8 Å². The van der Waals surface area contributed by atoms with Gasteiger partial charge >= 0.3 is 6.09 Å². The van der Waals surface area contributed by atoms with Crippen LogP contribution in [-0.2, 0) is 9.47 Å². The fraction of sp³-hybridized carbons (Fsp3) is 0.560. The fourth-order valence-electron chi connectivity index (χ4n) is 4.87. The highest BCUT2D eigenvalue weighted by atomic mass is 35.5. The maximum atomic E-state index is 15.7. The molecular formula is C25H32ClFN4O4. The highest BCUT2D eigenvalue weighted by molar-refractivity contribution is 6.30. The van der Waals surface area contributed by atoms with E-state index in [1.807, 2.05) is 50.9 Å². The van der Waals surface area contributed by atoms with E-state index in [2.05, 4.69) is 10.2 Å². The third-order valence-electron chi connectivity index (χ3n) is 6.46. The first-order chi connectivity index (χ1) is 16.6. The zero-order valence-electron chi connectivity index (χ0n) is 20.7. The minimum Gasteiger partial charge on any atom is -0.467 e. The molecule has 10 heteroatoms. The zero-order chi connectivity index (χ0) is 25.3. The van der Waals surface area contributed by atoms with Crippen molar-refractivity contribution in [2.24, 2.45) is 0 Å². The highest BCUT2D eigenvalue weighted by Gasteiger charge is 2.52. The number of piperidine rings is 1. The second-order valence-corrected chi connectivity index (χ2v) is 10.4. The minimum absolute atomic E-state index is 0.0592. The maximum Gasteiger partial charge on any atom is 0.410 e. The second kappa shape index (κ2) is 10.1. The molecule has 35 heavy (non-hydrogen) atoms. The molecule has 2 aliphatic heterocycles. The van der Waals surface area contributed by atoms with Gasteiger partial charge in [-0.2, -0.15) is 0 Å². The molecule has 1 aromatic carbocycles. The van der Waals surface area contributed by atoms with Gasteiger partial charge in [-0.1, -0.05) is 11.6 Å². The van der Waals surface area contributed by atoms with Crippen LogP contribution in [0.1, 0.15) is 40.0 Å². The summed E-state index contributed by atoms with van der Waals surface area (Å²) >= 11 is 6.11. The normalized spacial score (nSPS) is 23.8. The van der Waals surface area contributed by atoms with Gasteiger partial charge in [0.05, 0.1) is 17.8 Å². The van der Waals surface area contributed by atoms with Gasteiger partial charge in [-0.3, -0.25) is 4.90 Å². The first kappa shape index (κ1) is 25.4. The molecule has 2 saturated heterocycles. The van der Waals surface area contributed by atoms with E-state index >= 15 is 4.39 Å². The number of benzene rings is 1.